The molecule has 0 radical (unpaired) electrons. The molecule has 0 unspecified atom stereocenters. The van der Waals surface area contributed by atoms with Crippen LogP contribution in [-0.4, -0.2) is 30.7 Å². The number of ether oxygens (including phenoxy) is 2. The van der Waals surface area contributed by atoms with E-state index in [4.69, 9.17) is 9.47 Å². The molecule has 3 aromatic carbocycles. The van der Waals surface area contributed by atoms with Crippen molar-refractivity contribution in [3.8, 4) is 11.5 Å². The van der Waals surface area contributed by atoms with E-state index in [1.54, 1.807) is 6.07 Å². The van der Waals surface area contributed by atoms with E-state index in [1.807, 2.05) is 81.4 Å². The van der Waals surface area contributed by atoms with Gasteiger partial charge < -0.3 is 14.8 Å². The van der Waals surface area contributed by atoms with E-state index < -0.39 is 11.9 Å². The van der Waals surface area contributed by atoms with E-state index >= 15 is 0 Å². The van der Waals surface area contributed by atoms with Gasteiger partial charge in [0.1, 0.15) is 24.1 Å². The Bertz CT molecular complexity index is 1260. The van der Waals surface area contributed by atoms with Crippen LogP contribution < -0.4 is 20.2 Å². The summed E-state index contributed by atoms with van der Waals surface area (Å²) in [5, 5.41) is 6.84. The van der Waals surface area contributed by atoms with Crippen LogP contribution in [0, 0.1) is 12.8 Å². The van der Waals surface area contributed by atoms with Crippen molar-refractivity contribution < 1.29 is 19.1 Å². The summed E-state index contributed by atoms with van der Waals surface area (Å²) in [6.45, 7) is 6.13. The minimum absolute atomic E-state index is 0.180. The highest BCUT2D eigenvalue weighted by atomic mass is 79.9. The Morgan fingerprint density at radius 1 is 0.974 bits per heavy atom. The smallest absolute Gasteiger partial charge is 0.262 e. The highest BCUT2D eigenvalue weighted by Crippen LogP contribution is 2.26. The number of benzene rings is 3. The quantitative estimate of drug-likeness (QED) is 0.183. The van der Waals surface area contributed by atoms with Crippen molar-refractivity contribution >= 4 is 49.9 Å². The van der Waals surface area contributed by atoms with Crippen LogP contribution in [0.2, 0.25) is 0 Å². The summed E-state index contributed by atoms with van der Waals surface area (Å²) in [6.07, 6.45) is 2.00. The summed E-state index contributed by atoms with van der Waals surface area (Å²) in [5.41, 5.74) is 5.29. The predicted octanol–water partition coefficient (Wildman–Crippen LogP) is 6.16. The maximum absolute atomic E-state index is 12.8. The Morgan fingerprint density at radius 2 is 1.71 bits per heavy atom. The highest BCUT2D eigenvalue weighted by Gasteiger charge is 2.22. The molecule has 2 N–H and O–H groups in total. The molecule has 200 valence electrons. The lowest BCUT2D eigenvalue weighted by Crippen LogP contribution is -2.47. The average Bonchev–Trinajstić information content (AvgIpc) is 2.88. The van der Waals surface area contributed by atoms with Crippen LogP contribution in [0.4, 0.5) is 0 Å². The summed E-state index contributed by atoms with van der Waals surface area (Å²) in [4.78, 5) is 25.3. The molecule has 0 saturated carbocycles. The first kappa shape index (κ1) is 29.4. The van der Waals surface area contributed by atoms with Gasteiger partial charge in [-0.2, -0.15) is 5.10 Å². The van der Waals surface area contributed by atoms with Gasteiger partial charge in [0.25, 0.3) is 11.8 Å². The molecule has 0 saturated heterocycles. The molecule has 0 fully saturated rings. The molecular weight excluding hydrogens is 614 g/mol. The molecule has 38 heavy (non-hydrogen) atoms. The SMILES string of the molecule is Cc1ccccc1OCC(=O)N[C@H](CC(C)C)C(=O)N/N=C\c1ccc(OCc2ccc(Br)cc2)c(Br)c1. The minimum Gasteiger partial charge on any atom is -0.488 e. The van der Waals surface area contributed by atoms with Gasteiger partial charge in [0.05, 0.1) is 10.7 Å². The molecule has 9 heteroatoms. The molecular formula is C29H31Br2N3O4. The van der Waals surface area contributed by atoms with E-state index in [0.29, 0.717) is 24.5 Å². The van der Waals surface area contributed by atoms with Gasteiger partial charge in [0.15, 0.2) is 6.61 Å². The standard InChI is InChI=1S/C29H31Br2N3O4/c1-19(2)14-25(33-28(35)18-38-26-7-5-4-6-20(26)3)29(36)34-32-16-22-10-13-27(24(31)15-22)37-17-21-8-11-23(30)12-9-21/h4-13,15-16,19,25H,14,17-18H2,1-3H3,(H,33,35)(H,34,36)/b32-16-/t25-/m1/s1. The fourth-order valence-electron chi connectivity index (χ4n) is 3.51. The normalized spacial score (nSPS) is 11.8. The first-order valence-corrected chi connectivity index (χ1v) is 13.8. The zero-order valence-corrected chi connectivity index (χ0v) is 24.7. The number of para-hydroxylation sites is 1. The van der Waals surface area contributed by atoms with Crippen molar-refractivity contribution in [3.05, 3.63) is 92.4 Å². The number of hydrazone groups is 1. The van der Waals surface area contributed by atoms with Crippen LogP contribution in [0.15, 0.2) is 80.8 Å². The maximum atomic E-state index is 12.8. The summed E-state index contributed by atoms with van der Waals surface area (Å²) in [7, 11) is 0. The van der Waals surface area contributed by atoms with Crippen molar-refractivity contribution in [2.24, 2.45) is 11.0 Å². The first-order chi connectivity index (χ1) is 18.2. The van der Waals surface area contributed by atoms with Crippen molar-refractivity contribution in [1.29, 1.82) is 0 Å². The number of carbonyl (C=O) groups excluding carboxylic acids is 2. The Hall–Kier alpha value is -3.17. The third-order valence-electron chi connectivity index (χ3n) is 5.46. The molecule has 0 heterocycles. The Balaban J connectivity index is 1.53. The number of amides is 2. The molecule has 0 bridgehead atoms. The molecule has 7 nitrogen and oxygen atoms in total. The molecule has 3 aromatic rings. The summed E-state index contributed by atoms with van der Waals surface area (Å²) in [6, 6.07) is 20.2. The fourth-order valence-corrected chi connectivity index (χ4v) is 4.28. The molecule has 0 aliphatic carbocycles. The van der Waals surface area contributed by atoms with Gasteiger partial charge in [-0.1, -0.05) is 60.1 Å². The Morgan fingerprint density at radius 3 is 2.39 bits per heavy atom. The fraction of sp³-hybridized carbons (Fsp3) is 0.276. The van der Waals surface area contributed by atoms with Crippen LogP contribution in [0.25, 0.3) is 0 Å². The second kappa shape index (κ2) is 14.7. The monoisotopic (exact) mass is 643 g/mol. The lowest BCUT2D eigenvalue weighted by Gasteiger charge is -2.19. The molecule has 0 aromatic heterocycles. The molecule has 2 amide bonds. The molecule has 0 aliphatic heterocycles. The van der Waals surface area contributed by atoms with Gasteiger partial charge in [0.2, 0.25) is 0 Å². The van der Waals surface area contributed by atoms with Crippen LogP contribution in [0.3, 0.4) is 0 Å². The molecule has 0 aliphatic rings. The van der Waals surface area contributed by atoms with E-state index in [-0.39, 0.29) is 18.4 Å². The van der Waals surface area contributed by atoms with Gasteiger partial charge in [-0.15, -0.1) is 0 Å². The summed E-state index contributed by atoms with van der Waals surface area (Å²) >= 11 is 6.95. The van der Waals surface area contributed by atoms with Gasteiger partial charge in [-0.25, -0.2) is 5.43 Å². The number of aryl methyl sites for hydroxylation is 1. The maximum Gasteiger partial charge on any atom is 0.262 e. The van der Waals surface area contributed by atoms with Crippen LogP contribution >= 0.6 is 31.9 Å². The number of carbonyl (C=O) groups is 2. The van der Waals surface area contributed by atoms with E-state index in [2.05, 4.69) is 47.7 Å². The topological polar surface area (TPSA) is 89.0 Å². The van der Waals surface area contributed by atoms with Gasteiger partial charge >= 0.3 is 0 Å². The van der Waals surface area contributed by atoms with Crippen LogP contribution in [-0.2, 0) is 16.2 Å². The van der Waals surface area contributed by atoms with Crippen molar-refractivity contribution in [2.45, 2.75) is 39.8 Å². The summed E-state index contributed by atoms with van der Waals surface area (Å²) in [5.74, 6) is 0.747. The number of hydrogen-bond donors (Lipinski definition) is 2. The highest BCUT2D eigenvalue weighted by molar-refractivity contribution is 9.10. The largest absolute Gasteiger partial charge is 0.488 e. The number of hydrogen-bond acceptors (Lipinski definition) is 5. The Kier molecular flexibility index (Phi) is 11.4. The number of nitrogens with zero attached hydrogens (tertiary/aromatic N) is 1. The predicted molar refractivity (Wildman–Crippen MR) is 156 cm³/mol. The van der Waals surface area contributed by atoms with E-state index in [0.717, 1.165) is 25.6 Å². The van der Waals surface area contributed by atoms with Crippen molar-refractivity contribution in [3.63, 3.8) is 0 Å². The third-order valence-corrected chi connectivity index (χ3v) is 6.61. The molecule has 0 spiro atoms. The van der Waals surface area contributed by atoms with Crippen molar-refractivity contribution in [2.75, 3.05) is 6.61 Å². The first-order valence-electron chi connectivity index (χ1n) is 12.2. The van der Waals surface area contributed by atoms with Gasteiger partial charge in [-0.05, 0) is 88.3 Å². The second-order valence-corrected chi connectivity index (χ2v) is 10.9. The van der Waals surface area contributed by atoms with Crippen LogP contribution in [0.1, 0.15) is 37.0 Å². The van der Waals surface area contributed by atoms with Gasteiger partial charge in [-0.3, -0.25) is 9.59 Å². The molecule has 1 atom stereocenters. The van der Waals surface area contributed by atoms with Crippen molar-refractivity contribution in [1.82, 2.24) is 10.7 Å². The zero-order chi connectivity index (χ0) is 27.5. The number of nitrogens with one attached hydrogen (secondary N) is 2. The average molecular weight is 645 g/mol. The third kappa shape index (κ3) is 9.61. The van der Waals surface area contributed by atoms with Gasteiger partial charge in [0, 0.05) is 4.47 Å². The minimum atomic E-state index is -0.735. The lowest BCUT2D eigenvalue weighted by molar-refractivity contribution is -0.130. The zero-order valence-electron chi connectivity index (χ0n) is 21.5. The van der Waals surface area contributed by atoms with E-state index in [1.165, 1.54) is 6.21 Å². The Labute approximate surface area is 240 Å². The number of rotatable bonds is 12. The second-order valence-electron chi connectivity index (χ2n) is 9.14. The summed E-state index contributed by atoms with van der Waals surface area (Å²) < 4.78 is 13.3. The lowest BCUT2D eigenvalue weighted by atomic mass is 10.0. The van der Waals surface area contributed by atoms with Crippen LogP contribution in [0.5, 0.6) is 11.5 Å². The number of halogens is 2. The van der Waals surface area contributed by atoms with E-state index in [9.17, 15) is 9.59 Å². The molecule has 3 rings (SSSR count).